The molecule has 0 aliphatic rings. The van der Waals surface area contributed by atoms with Crippen molar-refractivity contribution < 1.29 is 4.57 Å². The van der Waals surface area contributed by atoms with Crippen LogP contribution in [0, 0.1) is 11.8 Å². The van der Waals surface area contributed by atoms with E-state index in [1.807, 2.05) is 24.3 Å². The maximum absolute atomic E-state index is 4.04. The van der Waals surface area contributed by atoms with E-state index in [-0.39, 0.29) is 0 Å². The molecule has 2 nitrogen and oxygen atoms in total. The lowest BCUT2D eigenvalue weighted by atomic mass is 10.1. The maximum Gasteiger partial charge on any atom is 0.170 e. The van der Waals surface area contributed by atoms with Crippen LogP contribution in [-0.2, 0) is 6.54 Å². The topological polar surface area (TPSA) is 16.8 Å². The van der Waals surface area contributed by atoms with Gasteiger partial charge in [-0.25, -0.2) is 4.57 Å². The lowest BCUT2D eigenvalue weighted by molar-refractivity contribution is -0.693. The zero-order chi connectivity index (χ0) is 15.2. The summed E-state index contributed by atoms with van der Waals surface area (Å²) in [4.78, 5) is 4.04. The Balaban J connectivity index is 1.78. The Bertz CT molecular complexity index is 792. The first-order valence-corrected chi connectivity index (χ1v) is 7.37. The third-order valence-corrected chi connectivity index (χ3v) is 3.51. The molecule has 2 heteroatoms. The molecule has 1 aromatic carbocycles. The van der Waals surface area contributed by atoms with E-state index in [9.17, 15) is 0 Å². The minimum atomic E-state index is 0.976. The summed E-state index contributed by atoms with van der Waals surface area (Å²) in [7, 11) is 0. The molecule has 2 heterocycles. The Kier molecular flexibility index (Phi) is 4.27. The van der Waals surface area contributed by atoms with Gasteiger partial charge in [-0.1, -0.05) is 24.0 Å². The fourth-order valence-corrected chi connectivity index (χ4v) is 2.19. The minimum absolute atomic E-state index is 0.976. The van der Waals surface area contributed by atoms with Crippen molar-refractivity contribution >= 4 is 0 Å². The van der Waals surface area contributed by atoms with Gasteiger partial charge in [0.05, 0.1) is 0 Å². The van der Waals surface area contributed by atoms with Gasteiger partial charge in [-0.15, -0.1) is 0 Å². The molecule has 0 fully saturated rings. The molecular formula is C20H17N2+. The minimum Gasteiger partial charge on any atom is -0.265 e. The summed E-state index contributed by atoms with van der Waals surface area (Å²) in [6, 6.07) is 16.4. The number of hydrogen-bond donors (Lipinski definition) is 0. The Morgan fingerprint density at radius 2 is 1.32 bits per heavy atom. The molecule has 3 aromatic rings. The highest BCUT2D eigenvalue weighted by Crippen LogP contribution is 2.18. The average Bonchev–Trinajstić information content (AvgIpc) is 2.61. The van der Waals surface area contributed by atoms with Crippen LogP contribution in [0.1, 0.15) is 18.1 Å². The first-order chi connectivity index (χ1) is 10.8. The fraction of sp³-hybridized carbons (Fsp3) is 0.100. The monoisotopic (exact) mass is 285 g/mol. The summed E-state index contributed by atoms with van der Waals surface area (Å²) in [6.07, 6.45) is 7.72. The normalized spacial score (nSPS) is 9.86. The molecule has 0 atom stereocenters. The van der Waals surface area contributed by atoms with Crippen LogP contribution >= 0.6 is 0 Å². The van der Waals surface area contributed by atoms with Gasteiger partial charge >= 0.3 is 0 Å². The van der Waals surface area contributed by atoms with Crippen LogP contribution in [-0.4, -0.2) is 4.98 Å². The van der Waals surface area contributed by atoms with Gasteiger partial charge in [0.15, 0.2) is 12.4 Å². The lowest BCUT2D eigenvalue weighted by Crippen LogP contribution is -2.30. The fourth-order valence-electron chi connectivity index (χ4n) is 2.19. The highest BCUT2D eigenvalue weighted by molar-refractivity contribution is 5.63. The zero-order valence-electron chi connectivity index (χ0n) is 12.5. The summed E-state index contributed by atoms with van der Waals surface area (Å²) in [5.41, 5.74) is 4.39. The van der Waals surface area contributed by atoms with Crippen molar-refractivity contribution in [2.75, 3.05) is 0 Å². The molecule has 22 heavy (non-hydrogen) atoms. The van der Waals surface area contributed by atoms with Gasteiger partial charge in [-0.05, 0) is 42.3 Å². The molecule has 0 saturated carbocycles. The quantitative estimate of drug-likeness (QED) is 0.520. The van der Waals surface area contributed by atoms with E-state index in [2.05, 4.69) is 65.0 Å². The van der Waals surface area contributed by atoms with E-state index in [0.29, 0.717) is 0 Å². The van der Waals surface area contributed by atoms with Crippen molar-refractivity contribution in [3.8, 4) is 23.0 Å². The second-order valence-corrected chi connectivity index (χ2v) is 4.98. The highest BCUT2D eigenvalue weighted by atomic mass is 14.9. The van der Waals surface area contributed by atoms with Crippen LogP contribution < -0.4 is 4.57 Å². The molecule has 0 bridgehead atoms. The van der Waals surface area contributed by atoms with E-state index in [4.69, 9.17) is 0 Å². The van der Waals surface area contributed by atoms with Crippen molar-refractivity contribution in [1.82, 2.24) is 4.98 Å². The van der Waals surface area contributed by atoms with Gasteiger partial charge < -0.3 is 0 Å². The summed E-state index contributed by atoms with van der Waals surface area (Å²) >= 11 is 0. The summed E-state index contributed by atoms with van der Waals surface area (Å²) in [6.45, 7) is 3.10. The third-order valence-electron chi connectivity index (χ3n) is 3.51. The SMILES string of the molecule is CC[n+]1ccc(C#Cc2ccc(-c3ccncc3)cc2)cc1. The predicted octanol–water partition coefficient (Wildman–Crippen LogP) is 3.46. The molecule has 0 saturated heterocycles. The molecule has 0 aliphatic heterocycles. The van der Waals surface area contributed by atoms with Gasteiger partial charge in [0, 0.05) is 35.7 Å². The van der Waals surface area contributed by atoms with Crippen LogP contribution in [0.25, 0.3) is 11.1 Å². The van der Waals surface area contributed by atoms with Crippen LogP contribution in [0.5, 0.6) is 0 Å². The molecule has 0 spiro atoms. The summed E-state index contributed by atoms with van der Waals surface area (Å²) in [5, 5.41) is 0. The zero-order valence-corrected chi connectivity index (χ0v) is 12.5. The first kappa shape index (κ1) is 14.0. The number of hydrogen-bond acceptors (Lipinski definition) is 1. The molecule has 2 aromatic heterocycles. The van der Waals surface area contributed by atoms with Crippen LogP contribution in [0.15, 0.2) is 73.3 Å². The number of benzene rings is 1. The second-order valence-electron chi connectivity index (χ2n) is 4.98. The van der Waals surface area contributed by atoms with Crippen LogP contribution in [0.2, 0.25) is 0 Å². The van der Waals surface area contributed by atoms with E-state index < -0.39 is 0 Å². The number of aromatic nitrogens is 2. The number of aryl methyl sites for hydroxylation is 1. The van der Waals surface area contributed by atoms with Crippen molar-refractivity contribution in [1.29, 1.82) is 0 Å². The second kappa shape index (κ2) is 6.69. The van der Waals surface area contributed by atoms with Crippen molar-refractivity contribution in [3.63, 3.8) is 0 Å². The highest BCUT2D eigenvalue weighted by Gasteiger charge is 1.97. The van der Waals surface area contributed by atoms with E-state index >= 15 is 0 Å². The summed E-state index contributed by atoms with van der Waals surface area (Å²) < 4.78 is 2.12. The largest absolute Gasteiger partial charge is 0.265 e. The first-order valence-electron chi connectivity index (χ1n) is 7.37. The standard InChI is InChI=1S/C20H17N2/c1-2-22-15-11-18(12-16-22)4-3-17-5-7-19(8-6-17)20-9-13-21-14-10-20/h5-16H,2H2,1H3/q+1. The van der Waals surface area contributed by atoms with Crippen LogP contribution in [0.4, 0.5) is 0 Å². The summed E-state index contributed by atoms with van der Waals surface area (Å²) in [5.74, 6) is 6.40. The smallest absolute Gasteiger partial charge is 0.170 e. The Hall–Kier alpha value is -2.92. The maximum atomic E-state index is 4.04. The van der Waals surface area contributed by atoms with E-state index in [1.165, 1.54) is 11.1 Å². The van der Waals surface area contributed by atoms with Crippen molar-refractivity contribution in [2.45, 2.75) is 13.5 Å². The average molecular weight is 285 g/mol. The van der Waals surface area contributed by atoms with Gasteiger partial charge in [0.25, 0.3) is 0 Å². The number of rotatable bonds is 2. The molecule has 0 N–H and O–H groups in total. The Morgan fingerprint density at radius 3 is 1.91 bits per heavy atom. The van der Waals surface area contributed by atoms with E-state index in [0.717, 1.165) is 17.7 Å². The number of pyridine rings is 2. The van der Waals surface area contributed by atoms with Gasteiger partial charge in [-0.2, -0.15) is 0 Å². The van der Waals surface area contributed by atoms with Crippen LogP contribution in [0.3, 0.4) is 0 Å². The molecular weight excluding hydrogens is 268 g/mol. The lowest BCUT2D eigenvalue weighted by Gasteiger charge is -2.00. The van der Waals surface area contributed by atoms with Gasteiger partial charge in [0.1, 0.15) is 6.54 Å². The molecule has 0 radical (unpaired) electrons. The molecule has 0 unspecified atom stereocenters. The van der Waals surface area contributed by atoms with Crippen molar-refractivity contribution in [2.24, 2.45) is 0 Å². The Morgan fingerprint density at radius 1 is 0.773 bits per heavy atom. The molecule has 3 rings (SSSR count). The molecule has 0 aliphatic carbocycles. The third kappa shape index (κ3) is 3.39. The van der Waals surface area contributed by atoms with E-state index in [1.54, 1.807) is 12.4 Å². The van der Waals surface area contributed by atoms with Gasteiger partial charge in [-0.3, -0.25) is 4.98 Å². The molecule has 106 valence electrons. The predicted molar refractivity (Wildman–Crippen MR) is 88.0 cm³/mol. The molecule has 0 amide bonds. The van der Waals surface area contributed by atoms with Gasteiger partial charge in [0.2, 0.25) is 0 Å². The number of nitrogens with zero attached hydrogens (tertiary/aromatic N) is 2. The Labute approximate surface area is 131 Å². The van der Waals surface area contributed by atoms with Crippen molar-refractivity contribution in [3.05, 3.63) is 84.4 Å².